The third-order valence-electron chi connectivity index (χ3n) is 4.40. The van der Waals surface area contributed by atoms with Crippen LogP contribution in [0.5, 0.6) is 0 Å². The molecule has 0 saturated carbocycles. The lowest BCUT2D eigenvalue weighted by Gasteiger charge is -2.30. The summed E-state index contributed by atoms with van der Waals surface area (Å²) < 4.78 is 4.96. The highest BCUT2D eigenvalue weighted by molar-refractivity contribution is 5.80. The highest BCUT2D eigenvalue weighted by Gasteiger charge is 2.34. The molecule has 0 radical (unpaired) electrons. The van der Waals surface area contributed by atoms with Gasteiger partial charge in [-0.25, -0.2) is 0 Å². The van der Waals surface area contributed by atoms with Crippen molar-refractivity contribution >= 4 is 5.97 Å². The summed E-state index contributed by atoms with van der Waals surface area (Å²) in [5.41, 5.74) is -0.0904. The van der Waals surface area contributed by atoms with Gasteiger partial charge in [0.2, 0.25) is 0 Å². The van der Waals surface area contributed by atoms with Gasteiger partial charge < -0.3 is 9.64 Å². The second-order valence-corrected chi connectivity index (χ2v) is 7.77. The lowest BCUT2D eigenvalue weighted by Crippen LogP contribution is -2.53. The molecule has 1 unspecified atom stereocenters. The monoisotopic (exact) mass is 298 g/mol. The molecule has 4 nitrogen and oxygen atoms in total. The molecule has 0 amide bonds. The average Bonchev–Trinajstić information content (AvgIpc) is 2.72. The van der Waals surface area contributed by atoms with E-state index in [1.807, 2.05) is 6.92 Å². The Morgan fingerprint density at radius 1 is 1.38 bits per heavy atom. The normalized spacial score (nSPS) is 21.5. The second kappa shape index (κ2) is 7.59. The quantitative estimate of drug-likeness (QED) is 0.553. The van der Waals surface area contributed by atoms with Crippen LogP contribution in [0.25, 0.3) is 0 Å². The smallest absolute Gasteiger partial charge is 0.325 e. The van der Waals surface area contributed by atoms with E-state index in [-0.39, 0.29) is 12.0 Å². The largest absolute Gasteiger partial charge is 0.468 e. The van der Waals surface area contributed by atoms with Gasteiger partial charge in [-0.15, -0.1) is 0 Å². The molecule has 1 heterocycles. The predicted molar refractivity (Wildman–Crippen MR) is 87.4 cm³/mol. The van der Waals surface area contributed by atoms with Crippen LogP contribution in [0.15, 0.2) is 0 Å². The Morgan fingerprint density at radius 3 is 2.52 bits per heavy atom. The summed E-state index contributed by atoms with van der Waals surface area (Å²) in [6, 6.07) is 0.272. The van der Waals surface area contributed by atoms with Gasteiger partial charge in [0.1, 0.15) is 5.54 Å². The third-order valence-corrected chi connectivity index (χ3v) is 4.40. The summed E-state index contributed by atoms with van der Waals surface area (Å²) in [5, 5.41) is 3.36. The van der Waals surface area contributed by atoms with Gasteiger partial charge in [-0.2, -0.15) is 0 Å². The van der Waals surface area contributed by atoms with Gasteiger partial charge in [0.05, 0.1) is 7.11 Å². The summed E-state index contributed by atoms with van der Waals surface area (Å²) in [5.74, 6) is -0.154. The van der Waals surface area contributed by atoms with E-state index in [0.717, 1.165) is 25.8 Å². The maximum atomic E-state index is 12.0. The Morgan fingerprint density at radius 2 is 2.05 bits per heavy atom. The number of nitrogens with one attached hydrogen (secondary N) is 1. The van der Waals surface area contributed by atoms with Gasteiger partial charge >= 0.3 is 5.97 Å². The summed E-state index contributed by atoms with van der Waals surface area (Å²) >= 11 is 0. The molecule has 0 aliphatic carbocycles. The van der Waals surface area contributed by atoms with E-state index < -0.39 is 5.54 Å². The molecule has 1 aliphatic heterocycles. The van der Waals surface area contributed by atoms with Crippen molar-refractivity contribution in [1.82, 2.24) is 10.2 Å². The third kappa shape index (κ3) is 5.95. The number of nitrogens with zero attached hydrogens (tertiary/aromatic N) is 1. The van der Waals surface area contributed by atoms with E-state index in [0.29, 0.717) is 5.41 Å². The minimum absolute atomic E-state index is 0.154. The highest BCUT2D eigenvalue weighted by atomic mass is 16.5. The van der Waals surface area contributed by atoms with E-state index in [4.69, 9.17) is 4.74 Å². The maximum absolute atomic E-state index is 12.0. The van der Waals surface area contributed by atoms with E-state index >= 15 is 0 Å². The second-order valence-electron chi connectivity index (χ2n) is 7.77. The van der Waals surface area contributed by atoms with Crippen molar-refractivity contribution in [2.75, 3.05) is 26.7 Å². The lowest BCUT2D eigenvalue weighted by molar-refractivity contribution is -0.148. The molecule has 0 bridgehead atoms. The number of methoxy groups -OCH3 is 1. The fraction of sp³-hybridized carbons (Fsp3) is 0.941. The van der Waals surface area contributed by atoms with Crippen LogP contribution in [-0.2, 0) is 9.53 Å². The van der Waals surface area contributed by atoms with Crippen LogP contribution in [-0.4, -0.2) is 49.2 Å². The number of ether oxygens (including phenoxy) is 1. The minimum Gasteiger partial charge on any atom is -0.468 e. The van der Waals surface area contributed by atoms with Gasteiger partial charge in [-0.3, -0.25) is 10.1 Å². The Hall–Kier alpha value is -0.610. The van der Waals surface area contributed by atoms with Crippen LogP contribution in [0, 0.1) is 5.41 Å². The van der Waals surface area contributed by atoms with Gasteiger partial charge in [0.25, 0.3) is 0 Å². The Bertz CT molecular complexity index is 342. The SMILES string of the molecule is COC(=O)C(C)(CCCCN1CCC(C)(C)C1)NC(C)C. The molecule has 1 rings (SSSR count). The first-order valence-corrected chi connectivity index (χ1v) is 8.27. The molecule has 0 aromatic rings. The van der Waals surface area contributed by atoms with Gasteiger partial charge in [0.15, 0.2) is 0 Å². The summed E-state index contributed by atoms with van der Waals surface area (Å²) in [7, 11) is 1.47. The van der Waals surface area contributed by atoms with E-state index in [1.165, 1.54) is 26.6 Å². The van der Waals surface area contributed by atoms with Crippen molar-refractivity contribution < 1.29 is 9.53 Å². The molecule has 1 fully saturated rings. The standard InChI is InChI=1S/C17H34N2O2/c1-14(2)18-17(5,15(20)21-6)9-7-8-11-19-12-10-16(3,4)13-19/h14,18H,7-13H2,1-6H3. The van der Waals surface area contributed by atoms with Gasteiger partial charge in [-0.05, 0) is 65.0 Å². The Labute approximate surface area is 130 Å². The first-order chi connectivity index (χ1) is 9.68. The fourth-order valence-electron chi connectivity index (χ4n) is 3.32. The summed E-state index contributed by atoms with van der Waals surface area (Å²) in [6.07, 6.45) is 4.31. The van der Waals surface area contributed by atoms with Crippen molar-refractivity contribution in [3.8, 4) is 0 Å². The minimum atomic E-state index is -0.562. The fourth-order valence-corrected chi connectivity index (χ4v) is 3.32. The number of carbonyl (C=O) groups is 1. The number of esters is 1. The molecule has 0 spiro atoms. The first kappa shape index (κ1) is 18.4. The molecule has 1 saturated heterocycles. The predicted octanol–water partition coefficient (Wildman–Crippen LogP) is 2.82. The number of unbranched alkanes of at least 4 members (excludes halogenated alkanes) is 1. The molecular formula is C17H34N2O2. The molecule has 4 heteroatoms. The summed E-state index contributed by atoms with van der Waals surface area (Å²) in [4.78, 5) is 14.6. The van der Waals surface area contributed by atoms with E-state index in [1.54, 1.807) is 0 Å². The number of rotatable bonds is 8. The molecule has 1 aliphatic rings. The number of hydrogen-bond donors (Lipinski definition) is 1. The molecule has 1 atom stereocenters. The van der Waals surface area contributed by atoms with E-state index in [9.17, 15) is 4.79 Å². The Kier molecular flexibility index (Phi) is 6.67. The zero-order chi connectivity index (χ0) is 16.1. The van der Waals surface area contributed by atoms with Crippen LogP contribution in [0.1, 0.15) is 60.3 Å². The molecule has 0 aromatic carbocycles. The van der Waals surface area contributed by atoms with Crippen LogP contribution in [0.4, 0.5) is 0 Å². The van der Waals surface area contributed by atoms with Crippen LogP contribution in [0.3, 0.4) is 0 Å². The van der Waals surface area contributed by atoms with Crippen LogP contribution in [0.2, 0.25) is 0 Å². The van der Waals surface area contributed by atoms with Gasteiger partial charge in [0, 0.05) is 12.6 Å². The van der Waals surface area contributed by atoms with Crippen molar-refractivity contribution in [2.45, 2.75) is 71.9 Å². The number of carbonyl (C=O) groups excluding carboxylic acids is 1. The number of hydrogen-bond acceptors (Lipinski definition) is 4. The Balaban J connectivity index is 2.35. The number of likely N-dealkylation sites (tertiary alicyclic amines) is 1. The van der Waals surface area contributed by atoms with Crippen molar-refractivity contribution in [3.63, 3.8) is 0 Å². The van der Waals surface area contributed by atoms with Crippen molar-refractivity contribution in [2.24, 2.45) is 5.41 Å². The van der Waals surface area contributed by atoms with Crippen LogP contribution >= 0.6 is 0 Å². The topological polar surface area (TPSA) is 41.6 Å². The highest BCUT2D eigenvalue weighted by Crippen LogP contribution is 2.29. The zero-order valence-electron chi connectivity index (χ0n) is 14.8. The molecule has 0 aromatic heterocycles. The van der Waals surface area contributed by atoms with E-state index in [2.05, 4.69) is 37.9 Å². The molecule has 124 valence electrons. The average molecular weight is 298 g/mol. The van der Waals surface area contributed by atoms with Crippen LogP contribution < -0.4 is 5.32 Å². The zero-order valence-corrected chi connectivity index (χ0v) is 14.8. The van der Waals surface area contributed by atoms with Crippen molar-refractivity contribution in [1.29, 1.82) is 0 Å². The summed E-state index contributed by atoms with van der Waals surface area (Å²) in [6.45, 7) is 14.3. The lowest BCUT2D eigenvalue weighted by atomic mass is 9.93. The first-order valence-electron chi connectivity index (χ1n) is 8.27. The van der Waals surface area contributed by atoms with Crippen molar-refractivity contribution in [3.05, 3.63) is 0 Å². The maximum Gasteiger partial charge on any atom is 0.325 e. The van der Waals surface area contributed by atoms with Gasteiger partial charge in [-0.1, -0.05) is 13.8 Å². The molecule has 1 N–H and O–H groups in total. The molecular weight excluding hydrogens is 264 g/mol. The molecule has 21 heavy (non-hydrogen) atoms.